The van der Waals surface area contributed by atoms with Crippen LogP contribution in [0.3, 0.4) is 0 Å². The second kappa shape index (κ2) is 5.72. The molecule has 1 aromatic heterocycles. The lowest BCUT2D eigenvalue weighted by Gasteiger charge is -2.07. The molecule has 3 aromatic rings. The number of fused-ring (bicyclic) bond motifs is 1. The van der Waals surface area contributed by atoms with Crippen LogP contribution in [0.15, 0.2) is 47.5 Å². The predicted molar refractivity (Wildman–Crippen MR) is 81.4 cm³/mol. The summed E-state index contributed by atoms with van der Waals surface area (Å²) in [6.45, 7) is 1.56. The Morgan fingerprint density at radius 2 is 1.91 bits per heavy atom. The Balaban J connectivity index is 1.97. The molecule has 23 heavy (non-hydrogen) atoms. The molecule has 3 rings (SSSR count). The van der Waals surface area contributed by atoms with E-state index in [1.165, 1.54) is 12.4 Å². The van der Waals surface area contributed by atoms with Crippen LogP contribution in [-0.2, 0) is 6.54 Å². The summed E-state index contributed by atoms with van der Waals surface area (Å²) in [5, 5.41) is 0.408. The highest BCUT2D eigenvalue weighted by Crippen LogP contribution is 2.11. The molecule has 0 aliphatic rings. The van der Waals surface area contributed by atoms with Gasteiger partial charge in [0.2, 0.25) is 0 Å². The van der Waals surface area contributed by atoms with E-state index >= 15 is 0 Å². The fourth-order valence-corrected chi connectivity index (χ4v) is 2.30. The first-order valence-electron chi connectivity index (χ1n) is 6.90. The highest BCUT2D eigenvalue weighted by molar-refractivity contribution is 5.96. The summed E-state index contributed by atoms with van der Waals surface area (Å²) >= 11 is 0. The normalized spacial score (nSPS) is 10.9. The molecular formula is C17H12F2N2O2. The van der Waals surface area contributed by atoms with Crippen LogP contribution in [0.5, 0.6) is 0 Å². The second-order valence-corrected chi connectivity index (χ2v) is 5.25. The number of halogens is 2. The summed E-state index contributed by atoms with van der Waals surface area (Å²) in [6.07, 6.45) is 1.28. The molecule has 6 heteroatoms. The highest BCUT2D eigenvalue weighted by atomic mass is 19.2. The van der Waals surface area contributed by atoms with Crippen molar-refractivity contribution in [2.75, 3.05) is 0 Å². The first-order chi connectivity index (χ1) is 11.0. The molecule has 0 aliphatic carbocycles. The van der Waals surface area contributed by atoms with Gasteiger partial charge in [-0.3, -0.25) is 14.2 Å². The minimum absolute atomic E-state index is 0.000129. The Hall–Kier alpha value is -2.89. The molecule has 0 spiro atoms. The lowest BCUT2D eigenvalue weighted by Crippen LogP contribution is -2.24. The van der Waals surface area contributed by atoms with Gasteiger partial charge in [-0.25, -0.2) is 13.8 Å². The number of ketones is 1. The van der Waals surface area contributed by atoms with Gasteiger partial charge in [-0.2, -0.15) is 0 Å². The molecule has 0 aliphatic heterocycles. The van der Waals surface area contributed by atoms with Crippen molar-refractivity contribution in [3.63, 3.8) is 0 Å². The third kappa shape index (κ3) is 2.88. The SMILES string of the molecule is Cc1ccc2ncn(CC(=O)c3ccc(F)c(F)c3)c(=O)c2c1. The van der Waals surface area contributed by atoms with E-state index in [4.69, 9.17) is 0 Å². The third-order valence-electron chi connectivity index (χ3n) is 3.54. The maximum Gasteiger partial charge on any atom is 0.261 e. The molecule has 0 saturated carbocycles. The molecule has 1 heterocycles. The fraction of sp³-hybridized carbons (Fsp3) is 0.118. The quantitative estimate of drug-likeness (QED) is 0.699. The first-order valence-corrected chi connectivity index (χ1v) is 6.90. The number of carbonyl (C=O) groups is 1. The Morgan fingerprint density at radius 1 is 1.13 bits per heavy atom. The van der Waals surface area contributed by atoms with E-state index in [1.54, 1.807) is 12.1 Å². The molecule has 116 valence electrons. The standard InChI is InChI=1S/C17H12F2N2O2/c1-10-2-5-15-12(6-10)17(23)21(9-20-15)8-16(22)11-3-4-13(18)14(19)7-11/h2-7,9H,8H2,1H3. The van der Waals surface area contributed by atoms with Gasteiger partial charge in [-0.05, 0) is 37.3 Å². The van der Waals surface area contributed by atoms with Gasteiger partial charge in [0.1, 0.15) is 0 Å². The van der Waals surface area contributed by atoms with Crippen LogP contribution in [0, 0.1) is 18.6 Å². The van der Waals surface area contributed by atoms with Gasteiger partial charge in [-0.1, -0.05) is 11.6 Å². The van der Waals surface area contributed by atoms with Crippen LogP contribution in [0.2, 0.25) is 0 Å². The highest BCUT2D eigenvalue weighted by Gasteiger charge is 2.12. The number of nitrogens with zero attached hydrogens (tertiary/aromatic N) is 2. The van der Waals surface area contributed by atoms with Crippen molar-refractivity contribution in [2.24, 2.45) is 0 Å². The second-order valence-electron chi connectivity index (χ2n) is 5.25. The van der Waals surface area contributed by atoms with Crippen LogP contribution in [0.1, 0.15) is 15.9 Å². The van der Waals surface area contributed by atoms with E-state index in [-0.39, 0.29) is 17.7 Å². The van der Waals surface area contributed by atoms with Crippen LogP contribution in [-0.4, -0.2) is 15.3 Å². The number of aryl methyl sites for hydroxylation is 1. The van der Waals surface area contributed by atoms with E-state index in [1.807, 2.05) is 13.0 Å². The van der Waals surface area contributed by atoms with Gasteiger partial charge in [0.05, 0.1) is 23.8 Å². The first kappa shape index (κ1) is 15.0. The lowest BCUT2D eigenvalue weighted by molar-refractivity contribution is 0.0970. The smallest absolute Gasteiger partial charge is 0.261 e. The number of aromatic nitrogens is 2. The van der Waals surface area contributed by atoms with Gasteiger partial charge in [-0.15, -0.1) is 0 Å². The topological polar surface area (TPSA) is 52.0 Å². The average Bonchev–Trinajstić information content (AvgIpc) is 2.53. The molecule has 0 atom stereocenters. The summed E-state index contributed by atoms with van der Waals surface area (Å²) in [5.74, 6) is -2.63. The zero-order valence-electron chi connectivity index (χ0n) is 12.2. The van der Waals surface area contributed by atoms with Crippen LogP contribution in [0.25, 0.3) is 10.9 Å². The number of hydrogen-bond acceptors (Lipinski definition) is 3. The van der Waals surface area contributed by atoms with Gasteiger partial charge in [0.25, 0.3) is 5.56 Å². The zero-order chi connectivity index (χ0) is 16.6. The fourth-order valence-electron chi connectivity index (χ4n) is 2.30. The summed E-state index contributed by atoms with van der Waals surface area (Å²) in [7, 11) is 0. The van der Waals surface area contributed by atoms with E-state index in [0.717, 1.165) is 22.3 Å². The zero-order valence-corrected chi connectivity index (χ0v) is 12.2. The Kier molecular flexibility index (Phi) is 3.73. The molecular weight excluding hydrogens is 302 g/mol. The van der Waals surface area contributed by atoms with Crippen molar-refractivity contribution >= 4 is 16.7 Å². The number of hydrogen-bond donors (Lipinski definition) is 0. The summed E-state index contributed by atoms with van der Waals surface area (Å²) in [6, 6.07) is 8.15. The Bertz CT molecular complexity index is 980. The van der Waals surface area contributed by atoms with Crippen molar-refractivity contribution in [1.82, 2.24) is 9.55 Å². The van der Waals surface area contributed by atoms with Crippen molar-refractivity contribution < 1.29 is 13.6 Å². The molecule has 0 bridgehead atoms. The minimum Gasteiger partial charge on any atom is -0.292 e. The van der Waals surface area contributed by atoms with Gasteiger partial charge >= 0.3 is 0 Å². The van der Waals surface area contributed by atoms with Gasteiger partial charge in [0.15, 0.2) is 17.4 Å². The molecule has 0 amide bonds. The lowest BCUT2D eigenvalue weighted by atomic mass is 10.1. The predicted octanol–water partition coefficient (Wildman–Crippen LogP) is 2.87. The van der Waals surface area contributed by atoms with Crippen molar-refractivity contribution in [2.45, 2.75) is 13.5 Å². The van der Waals surface area contributed by atoms with Crippen molar-refractivity contribution in [3.8, 4) is 0 Å². The minimum atomic E-state index is -1.10. The van der Waals surface area contributed by atoms with E-state index in [9.17, 15) is 18.4 Å². The largest absolute Gasteiger partial charge is 0.292 e. The van der Waals surface area contributed by atoms with Crippen molar-refractivity contribution in [3.05, 3.63) is 75.8 Å². The summed E-state index contributed by atoms with van der Waals surface area (Å²) in [5.41, 5.74) is 1.09. The van der Waals surface area contributed by atoms with Gasteiger partial charge < -0.3 is 0 Å². The number of carbonyl (C=O) groups excluding carboxylic acids is 1. The molecule has 2 aromatic carbocycles. The molecule has 0 N–H and O–H groups in total. The Labute approximate surface area is 130 Å². The van der Waals surface area contributed by atoms with E-state index in [0.29, 0.717) is 10.9 Å². The number of Topliss-reactive ketones (excluding diaryl/α,β-unsaturated/α-hetero) is 1. The maximum absolute atomic E-state index is 13.2. The van der Waals surface area contributed by atoms with Crippen LogP contribution in [0.4, 0.5) is 8.78 Å². The number of benzene rings is 2. The van der Waals surface area contributed by atoms with Crippen LogP contribution >= 0.6 is 0 Å². The number of rotatable bonds is 3. The third-order valence-corrected chi connectivity index (χ3v) is 3.54. The van der Waals surface area contributed by atoms with Crippen molar-refractivity contribution in [1.29, 1.82) is 0 Å². The van der Waals surface area contributed by atoms with E-state index < -0.39 is 17.4 Å². The monoisotopic (exact) mass is 314 g/mol. The van der Waals surface area contributed by atoms with Crippen LogP contribution < -0.4 is 5.56 Å². The molecule has 0 fully saturated rings. The molecule has 0 radical (unpaired) electrons. The molecule has 0 unspecified atom stereocenters. The molecule has 4 nitrogen and oxygen atoms in total. The Morgan fingerprint density at radius 3 is 2.65 bits per heavy atom. The average molecular weight is 314 g/mol. The van der Waals surface area contributed by atoms with Gasteiger partial charge in [0, 0.05) is 5.56 Å². The maximum atomic E-state index is 13.2. The molecule has 0 saturated heterocycles. The van der Waals surface area contributed by atoms with E-state index in [2.05, 4.69) is 4.98 Å². The summed E-state index contributed by atoms with van der Waals surface area (Å²) < 4.78 is 27.3. The summed E-state index contributed by atoms with van der Waals surface area (Å²) in [4.78, 5) is 28.7.